The first-order valence-corrected chi connectivity index (χ1v) is 7.13. The van der Waals surface area contributed by atoms with Crippen molar-refractivity contribution in [1.29, 1.82) is 0 Å². The van der Waals surface area contributed by atoms with Crippen molar-refractivity contribution in [2.75, 3.05) is 15.8 Å². The zero-order valence-corrected chi connectivity index (χ0v) is 11.5. The summed E-state index contributed by atoms with van der Waals surface area (Å²) in [5, 5.41) is 2.89. The van der Waals surface area contributed by atoms with Crippen LogP contribution in [0.25, 0.3) is 0 Å². The average molecular weight is 272 g/mol. The number of hydrogen-bond acceptors (Lipinski definition) is 3. The van der Waals surface area contributed by atoms with Gasteiger partial charge in [0.2, 0.25) is 0 Å². The highest BCUT2D eigenvalue weighted by atomic mass is 32.2. The lowest BCUT2D eigenvalue weighted by Crippen LogP contribution is -2.13. The van der Waals surface area contributed by atoms with Crippen LogP contribution in [-0.4, -0.2) is 11.7 Å². The van der Waals surface area contributed by atoms with Crippen molar-refractivity contribution in [2.45, 2.75) is 6.92 Å². The van der Waals surface area contributed by atoms with Gasteiger partial charge in [-0.3, -0.25) is 4.79 Å². The lowest BCUT2D eigenvalue weighted by atomic mass is 10.1. The van der Waals surface area contributed by atoms with Crippen molar-refractivity contribution >= 4 is 29.2 Å². The standard InChI is InChI=1S/C15H16N2OS/c1-2-19-17-14-11-7-6-10-13(14)15(18)16-12-8-4-3-5-9-12/h3-11,17H,2H2,1H3,(H,16,18). The molecule has 2 rings (SSSR count). The van der Waals surface area contributed by atoms with E-state index in [4.69, 9.17) is 0 Å². The molecule has 2 aromatic rings. The van der Waals surface area contributed by atoms with Gasteiger partial charge in [0.05, 0.1) is 11.3 Å². The Morgan fingerprint density at radius 1 is 1.05 bits per heavy atom. The van der Waals surface area contributed by atoms with Gasteiger partial charge in [-0.25, -0.2) is 0 Å². The minimum atomic E-state index is -0.106. The fourth-order valence-corrected chi connectivity index (χ4v) is 2.12. The van der Waals surface area contributed by atoms with Gasteiger partial charge in [0, 0.05) is 11.4 Å². The molecule has 0 saturated heterocycles. The molecule has 98 valence electrons. The number of anilines is 2. The second-order valence-electron chi connectivity index (χ2n) is 3.90. The Bertz CT molecular complexity index is 543. The first-order valence-electron chi connectivity index (χ1n) is 6.14. The minimum absolute atomic E-state index is 0.106. The van der Waals surface area contributed by atoms with Crippen LogP contribution in [0.2, 0.25) is 0 Å². The predicted octanol–water partition coefficient (Wildman–Crippen LogP) is 4.02. The summed E-state index contributed by atoms with van der Waals surface area (Å²) in [6.07, 6.45) is 0. The van der Waals surface area contributed by atoms with Crippen LogP contribution in [0.5, 0.6) is 0 Å². The van der Waals surface area contributed by atoms with Crippen molar-refractivity contribution in [3.63, 3.8) is 0 Å². The van der Waals surface area contributed by atoms with Gasteiger partial charge >= 0.3 is 0 Å². The summed E-state index contributed by atoms with van der Waals surface area (Å²) in [5.41, 5.74) is 2.28. The van der Waals surface area contributed by atoms with Gasteiger partial charge in [-0.15, -0.1) is 0 Å². The van der Waals surface area contributed by atoms with Gasteiger partial charge < -0.3 is 10.0 Å². The minimum Gasteiger partial charge on any atom is -0.329 e. The van der Waals surface area contributed by atoms with E-state index in [0.717, 1.165) is 17.1 Å². The third kappa shape index (κ3) is 3.76. The quantitative estimate of drug-likeness (QED) is 0.808. The fraction of sp³-hybridized carbons (Fsp3) is 0.133. The Morgan fingerprint density at radius 2 is 1.74 bits per heavy atom. The molecule has 0 spiro atoms. The van der Waals surface area contributed by atoms with Gasteiger partial charge in [-0.05, 0) is 24.3 Å². The molecule has 0 unspecified atom stereocenters. The maximum atomic E-state index is 12.2. The highest BCUT2D eigenvalue weighted by molar-refractivity contribution is 8.00. The van der Waals surface area contributed by atoms with Crippen molar-refractivity contribution in [2.24, 2.45) is 0 Å². The Labute approximate surface area is 117 Å². The number of benzene rings is 2. The second kappa shape index (κ2) is 6.85. The fourth-order valence-electron chi connectivity index (χ4n) is 1.64. The molecular weight excluding hydrogens is 256 g/mol. The largest absolute Gasteiger partial charge is 0.329 e. The van der Waals surface area contributed by atoms with Gasteiger partial charge in [0.1, 0.15) is 0 Å². The third-order valence-corrected chi connectivity index (χ3v) is 3.18. The normalized spacial score (nSPS) is 9.95. The molecule has 0 atom stereocenters. The molecule has 0 aliphatic rings. The molecule has 2 N–H and O–H groups in total. The smallest absolute Gasteiger partial charge is 0.257 e. The third-order valence-electron chi connectivity index (χ3n) is 2.53. The first-order chi connectivity index (χ1) is 9.31. The van der Waals surface area contributed by atoms with Crippen LogP contribution in [0.1, 0.15) is 17.3 Å². The topological polar surface area (TPSA) is 41.1 Å². The Balaban J connectivity index is 2.14. The Morgan fingerprint density at radius 3 is 2.47 bits per heavy atom. The summed E-state index contributed by atoms with van der Waals surface area (Å²) < 4.78 is 3.19. The van der Waals surface area contributed by atoms with E-state index in [1.54, 1.807) is 11.9 Å². The van der Waals surface area contributed by atoms with Gasteiger partial charge in [0.15, 0.2) is 0 Å². The van der Waals surface area contributed by atoms with Crippen molar-refractivity contribution < 1.29 is 4.79 Å². The lowest BCUT2D eigenvalue weighted by Gasteiger charge is -2.10. The molecule has 4 heteroatoms. The van der Waals surface area contributed by atoms with Crippen molar-refractivity contribution in [3.8, 4) is 0 Å². The average Bonchev–Trinajstić information content (AvgIpc) is 2.46. The predicted molar refractivity (Wildman–Crippen MR) is 82.6 cm³/mol. The molecule has 0 fully saturated rings. The first kappa shape index (κ1) is 13.5. The van der Waals surface area contributed by atoms with E-state index in [-0.39, 0.29) is 5.91 Å². The van der Waals surface area contributed by atoms with Crippen LogP contribution in [-0.2, 0) is 0 Å². The number of carbonyl (C=O) groups excluding carboxylic acids is 1. The molecule has 0 aliphatic heterocycles. The number of nitrogens with one attached hydrogen (secondary N) is 2. The van der Waals surface area contributed by atoms with Crippen LogP contribution in [0, 0.1) is 0 Å². The molecule has 19 heavy (non-hydrogen) atoms. The second-order valence-corrected chi connectivity index (χ2v) is 4.97. The molecule has 0 saturated carbocycles. The summed E-state index contributed by atoms with van der Waals surface area (Å²) in [5.74, 6) is 0.834. The molecule has 0 heterocycles. The SMILES string of the molecule is CCSNc1ccccc1C(=O)Nc1ccccc1. The van der Waals surface area contributed by atoms with Gasteiger partial charge in [-0.1, -0.05) is 49.2 Å². The summed E-state index contributed by atoms with van der Waals surface area (Å²) in [6.45, 7) is 2.06. The molecule has 0 aliphatic carbocycles. The summed E-state index contributed by atoms with van der Waals surface area (Å²) in [6, 6.07) is 16.9. The van der Waals surface area contributed by atoms with Crippen LogP contribution in [0.4, 0.5) is 11.4 Å². The van der Waals surface area contributed by atoms with Crippen LogP contribution < -0.4 is 10.0 Å². The zero-order chi connectivity index (χ0) is 13.5. The number of rotatable bonds is 5. The van der Waals surface area contributed by atoms with E-state index >= 15 is 0 Å². The maximum Gasteiger partial charge on any atom is 0.257 e. The number of amides is 1. The van der Waals surface area contributed by atoms with Crippen molar-refractivity contribution in [3.05, 3.63) is 60.2 Å². The highest BCUT2D eigenvalue weighted by Gasteiger charge is 2.10. The number of hydrogen-bond donors (Lipinski definition) is 2. The monoisotopic (exact) mass is 272 g/mol. The molecule has 0 bridgehead atoms. The highest BCUT2D eigenvalue weighted by Crippen LogP contribution is 2.20. The zero-order valence-electron chi connectivity index (χ0n) is 10.7. The van der Waals surface area contributed by atoms with Gasteiger partial charge in [-0.2, -0.15) is 0 Å². The van der Waals surface area contributed by atoms with Crippen LogP contribution >= 0.6 is 11.9 Å². The lowest BCUT2D eigenvalue weighted by molar-refractivity contribution is 0.102. The number of para-hydroxylation sites is 2. The molecule has 1 amide bonds. The molecule has 0 radical (unpaired) electrons. The van der Waals surface area contributed by atoms with Gasteiger partial charge in [0.25, 0.3) is 5.91 Å². The van der Waals surface area contributed by atoms with Crippen molar-refractivity contribution in [1.82, 2.24) is 0 Å². The summed E-state index contributed by atoms with van der Waals surface area (Å²) in [4.78, 5) is 12.2. The maximum absolute atomic E-state index is 12.2. The van der Waals surface area contributed by atoms with E-state index in [0.29, 0.717) is 5.56 Å². The van der Waals surface area contributed by atoms with E-state index in [2.05, 4.69) is 17.0 Å². The molecule has 3 nitrogen and oxygen atoms in total. The van der Waals surface area contributed by atoms with E-state index in [1.807, 2.05) is 54.6 Å². The Hall–Kier alpha value is -1.94. The van der Waals surface area contributed by atoms with E-state index < -0.39 is 0 Å². The number of carbonyl (C=O) groups is 1. The van der Waals surface area contributed by atoms with Crippen LogP contribution in [0.15, 0.2) is 54.6 Å². The summed E-state index contributed by atoms with van der Waals surface area (Å²) in [7, 11) is 0. The molecular formula is C15H16N2OS. The Kier molecular flexibility index (Phi) is 4.86. The molecule has 2 aromatic carbocycles. The van der Waals surface area contributed by atoms with E-state index in [9.17, 15) is 4.79 Å². The molecule has 0 aromatic heterocycles. The summed E-state index contributed by atoms with van der Waals surface area (Å²) >= 11 is 1.57. The van der Waals surface area contributed by atoms with E-state index in [1.165, 1.54) is 0 Å². The van der Waals surface area contributed by atoms with Crippen LogP contribution in [0.3, 0.4) is 0 Å².